The highest BCUT2D eigenvalue weighted by Gasteiger charge is 2.27. The third-order valence-electron chi connectivity index (χ3n) is 3.30. The van der Waals surface area contributed by atoms with Gasteiger partial charge < -0.3 is 10.1 Å². The number of rotatable bonds is 5. The van der Waals surface area contributed by atoms with E-state index in [1.54, 1.807) is 0 Å². The average molecular weight is 254 g/mol. The van der Waals surface area contributed by atoms with Crippen LogP contribution in [0.2, 0.25) is 0 Å². The standard InChI is InChI=1S/C13H22N2OS/c1-13(2,15-5-7-16-8-6-15)11-14-10-12-4-3-9-17-12/h3-4,9,14H,5-8,10-11H2,1-2H3. The minimum absolute atomic E-state index is 0.209. The molecule has 2 heterocycles. The van der Waals surface area contributed by atoms with Crippen LogP contribution >= 0.6 is 11.3 Å². The first-order chi connectivity index (χ1) is 8.18. The molecule has 1 fully saturated rings. The summed E-state index contributed by atoms with van der Waals surface area (Å²) >= 11 is 1.81. The Balaban J connectivity index is 1.76. The maximum Gasteiger partial charge on any atom is 0.0594 e. The van der Waals surface area contributed by atoms with Crippen LogP contribution in [-0.4, -0.2) is 43.3 Å². The summed E-state index contributed by atoms with van der Waals surface area (Å²) in [6.45, 7) is 10.4. The lowest BCUT2D eigenvalue weighted by Gasteiger charge is -2.41. The van der Waals surface area contributed by atoms with Gasteiger partial charge in [-0.2, -0.15) is 0 Å². The van der Waals surface area contributed by atoms with E-state index >= 15 is 0 Å². The molecule has 0 atom stereocenters. The van der Waals surface area contributed by atoms with Crippen molar-refractivity contribution >= 4 is 11.3 Å². The molecule has 1 N–H and O–H groups in total. The molecule has 0 aliphatic carbocycles. The van der Waals surface area contributed by atoms with Crippen LogP contribution < -0.4 is 5.32 Å². The van der Waals surface area contributed by atoms with Gasteiger partial charge in [0.15, 0.2) is 0 Å². The number of ether oxygens (including phenoxy) is 1. The van der Waals surface area contributed by atoms with Crippen LogP contribution in [0.3, 0.4) is 0 Å². The highest BCUT2D eigenvalue weighted by atomic mass is 32.1. The number of nitrogens with one attached hydrogen (secondary N) is 1. The molecule has 0 unspecified atom stereocenters. The molecular weight excluding hydrogens is 232 g/mol. The fraction of sp³-hybridized carbons (Fsp3) is 0.692. The van der Waals surface area contributed by atoms with Gasteiger partial charge in [-0.25, -0.2) is 0 Å². The zero-order valence-electron chi connectivity index (χ0n) is 10.7. The monoisotopic (exact) mass is 254 g/mol. The maximum absolute atomic E-state index is 5.40. The van der Waals surface area contributed by atoms with E-state index in [2.05, 4.69) is 41.6 Å². The zero-order chi connectivity index (χ0) is 12.1. The first-order valence-electron chi connectivity index (χ1n) is 6.24. The number of morpholine rings is 1. The Hall–Kier alpha value is -0.420. The third kappa shape index (κ3) is 3.78. The lowest BCUT2D eigenvalue weighted by molar-refractivity contribution is -0.00965. The molecule has 0 spiro atoms. The summed E-state index contributed by atoms with van der Waals surface area (Å²) in [4.78, 5) is 3.92. The van der Waals surface area contributed by atoms with Crippen LogP contribution in [0.15, 0.2) is 17.5 Å². The first kappa shape index (κ1) is 13.0. The molecule has 0 bridgehead atoms. The molecule has 0 aromatic carbocycles. The van der Waals surface area contributed by atoms with Crippen LogP contribution in [0.5, 0.6) is 0 Å². The Kier molecular flexibility index (Phi) is 4.56. The van der Waals surface area contributed by atoms with Crippen molar-refractivity contribution in [3.8, 4) is 0 Å². The van der Waals surface area contributed by atoms with Gasteiger partial charge in [0.25, 0.3) is 0 Å². The number of hydrogen-bond acceptors (Lipinski definition) is 4. The Bertz CT molecular complexity index is 318. The molecule has 1 aromatic heterocycles. The Morgan fingerprint density at radius 2 is 2.18 bits per heavy atom. The topological polar surface area (TPSA) is 24.5 Å². The Morgan fingerprint density at radius 1 is 1.41 bits per heavy atom. The average Bonchev–Trinajstić information content (AvgIpc) is 2.83. The molecule has 0 saturated carbocycles. The van der Waals surface area contributed by atoms with E-state index in [4.69, 9.17) is 4.74 Å². The van der Waals surface area contributed by atoms with Crippen molar-refractivity contribution in [2.45, 2.75) is 25.9 Å². The molecule has 17 heavy (non-hydrogen) atoms. The first-order valence-corrected chi connectivity index (χ1v) is 7.12. The van der Waals surface area contributed by atoms with E-state index < -0.39 is 0 Å². The van der Waals surface area contributed by atoms with Gasteiger partial charge in [0.2, 0.25) is 0 Å². The van der Waals surface area contributed by atoms with E-state index in [0.29, 0.717) is 0 Å². The van der Waals surface area contributed by atoms with Crippen molar-refractivity contribution in [3.05, 3.63) is 22.4 Å². The molecule has 1 aromatic rings. The van der Waals surface area contributed by atoms with Crippen molar-refractivity contribution in [1.82, 2.24) is 10.2 Å². The SMILES string of the molecule is CC(C)(CNCc1cccs1)N1CCOCC1. The van der Waals surface area contributed by atoms with Gasteiger partial charge in [0, 0.05) is 36.6 Å². The van der Waals surface area contributed by atoms with Gasteiger partial charge in [-0.3, -0.25) is 4.90 Å². The van der Waals surface area contributed by atoms with E-state index in [-0.39, 0.29) is 5.54 Å². The largest absolute Gasteiger partial charge is 0.379 e. The number of thiophene rings is 1. The Morgan fingerprint density at radius 3 is 2.82 bits per heavy atom. The molecule has 3 nitrogen and oxygen atoms in total. The van der Waals surface area contributed by atoms with Crippen molar-refractivity contribution in [3.63, 3.8) is 0 Å². The predicted molar refractivity (Wildman–Crippen MR) is 72.5 cm³/mol. The molecule has 4 heteroatoms. The Labute approximate surface area is 108 Å². The highest BCUT2D eigenvalue weighted by Crippen LogP contribution is 2.15. The van der Waals surface area contributed by atoms with Crippen molar-refractivity contribution in [2.24, 2.45) is 0 Å². The minimum atomic E-state index is 0.209. The van der Waals surface area contributed by atoms with Gasteiger partial charge in [0.1, 0.15) is 0 Å². The molecule has 2 rings (SSSR count). The second-order valence-electron chi connectivity index (χ2n) is 5.09. The molecule has 0 amide bonds. The van der Waals surface area contributed by atoms with Gasteiger partial charge in [0.05, 0.1) is 13.2 Å². The maximum atomic E-state index is 5.40. The van der Waals surface area contributed by atoms with Crippen molar-refractivity contribution < 1.29 is 4.74 Å². The van der Waals surface area contributed by atoms with E-state index in [0.717, 1.165) is 39.4 Å². The summed E-state index contributed by atoms with van der Waals surface area (Å²) in [6.07, 6.45) is 0. The molecular formula is C13H22N2OS. The van der Waals surface area contributed by atoms with Crippen LogP contribution in [-0.2, 0) is 11.3 Å². The lowest BCUT2D eigenvalue weighted by atomic mass is 10.0. The summed E-state index contributed by atoms with van der Waals surface area (Å²) in [5.41, 5.74) is 0.209. The molecule has 1 saturated heterocycles. The van der Waals surface area contributed by atoms with Crippen LogP contribution in [0.4, 0.5) is 0 Å². The predicted octanol–water partition coefficient (Wildman–Crippen LogP) is 1.95. The molecule has 96 valence electrons. The smallest absolute Gasteiger partial charge is 0.0594 e. The van der Waals surface area contributed by atoms with Gasteiger partial charge in [-0.15, -0.1) is 11.3 Å². The van der Waals surface area contributed by atoms with E-state index in [1.807, 2.05) is 11.3 Å². The second-order valence-corrected chi connectivity index (χ2v) is 6.13. The summed E-state index contributed by atoms with van der Waals surface area (Å²) < 4.78 is 5.40. The molecule has 0 radical (unpaired) electrons. The van der Waals surface area contributed by atoms with E-state index in [9.17, 15) is 0 Å². The number of hydrogen-bond donors (Lipinski definition) is 1. The second kappa shape index (κ2) is 5.96. The van der Waals surface area contributed by atoms with Crippen LogP contribution in [0, 0.1) is 0 Å². The van der Waals surface area contributed by atoms with Crippen LogP contribution in [0.1, 0.15) is 18.7 Å². The fourth-order valence-corrected chi connectivity index (χ4v) is 2.86. The fourth-order valence-electron chi connectivity index (χ4n) is 2.19. The zero-order valence-corrected chi connectivity index (χ0v) is 11.6. The highest BCUT2D eigenvalue weighted by molar-refractivity contribution is 7.09. The third-order valence-corrected chi connectivity index (χ3v) is 4.18. The van der Waals surface area contributed by atoms with Gasteiger partial charge in [-0.1, -0.05) is 6.07 Å². The van der Waals surface area contributed by atoms with Crippen molar-refractivity contribution in [1.29, 1.82) is 0 Å². The summed E-state index contributed by atoms with van der Waals surface area (Å²) in [6, 6.07) is 4.29. The normalized spacial score (nSPS) is 18.5. The quantitative estimate of drug-likeness (QED) is 0.869. The molecule has 1 aliphatic rings. The van der Waals surface area contributed by atoms with E-state index in [1.165, 1.54) is 4.88 Å². The van der Waals surface area contributed by atoms with Gasteiger partial charge >= 0.3 is 0 Å². The minimum Gasteiger partial charge on any atom is -0.379 e. The summed E-state index contributed by atoms with van der Waals surface area (Å²) in [5.74, 6) is 0. The van der Waals surface area contributed by atoms with Crippen LogP contribution in [0.25, 0.3) is 0 Å². The number of nitrogens with zero attached hydrogens (tertiary/aromatic N) is 1. The summed E-state index contributed by atoms with van der Waals surface area (Å²) in [5, 5.41) is 5.68. The lowest BCUT2D eigenvalue weighted by Crippen LogP contribution is -2.54. The summed E-state index contributed by atoms with van der Waals surface area (Å²) in [7, 11) is 0. The van der Waals surface area contributed by atoms with Crippen molar-refractivity contribution in [2.75, 3.05) is 32.8 Å². The van der Waals surface area contributed by atoms with Gasteiger partial charge in [-0.05, 0) is 25.3 Å². The molecule has 1 aliphatic heterocycles.